The van der Waals surface area contributed by atoms with E-state index in [1.807, 2.05) is 46.8 Å². The number of methoxy groups -OCH3 is 1. The third-order valence-electron chi connectivity index (χ3n) is 6.78. The molecule has 3 aromatic rings. The number of ether oxygens (including phenoxy) is 2. The number of carbonyl (C=O) groups excluding carboxylic acids is 1. The fraction of sp³-hybridized carbons (Fsp3) is 0.484. The van der Waals surface area contributed by atoms with Gasteiger partial charge in [-0.2, -0.15) is 0 Å². The Hall–Kier alpha value is -3.90. The van der Waals surface area contributed by atoms with Crippen molar-refractivity contribution in [2.24, 2.45) is 0 Å². The molecule has 0 bridgehead atoms. The van der Waals surface area contributed by atoms with Crippen LogP contribution in [0.3, 0.4) is 0 Å². The second-order valence-electron chi connectivity index (χ2n) is 10.1. The molecule has 0 aliphatic carbocycles. The van der Waals surface area contributed by atoms with Gasteiger partial charge in [-0.05, 0) is 44.5 Å². The Morgan fingerprint density at radius 3 is 2.44 bits per heavy atom. The zero-order chi connectivity index (χ0) is 31.5. The highest BCUT2D eigenvalue weighted by Crippen LogP contribution is 2.41. The van der Waals surface area contributed by atoms with Crippen LogP contribution in [0, 0.1) is 11.6 Å². The standard InChI is InChI=1S/C25H29F2N7O.C4H8O2.C2H6/c1-15(2)34-16(3)30-24-19(26)10-18(11-21(24)34)23-20(27)13-29-25(32-23)31-22-5-4-17(12-28-22)14-33-6-8-35-9-7-33;1-3-4(5)6-2;1-2/h4-5,10-13,15-16,30H,6-9,14H2,1-3H3,(H,28,29,31,32);3H2,1-2H3;1-2H3. The maximum absolute atomic E-state index is 14.9. The Balaban J connectivity index is 0.000000566. The number of aromatic nitrogens is 3. The zero-order valence-electron chi connectivity index (χ0n) is 26.1. The zero-order valence-corrected chi connectivity index (χ0v) is 26.1. The Labute approximate surface area is 252 Å². The van der Waals surface area contributed by atoms with Gasteiger partial charge in [0.25, 0.3) is 0 Å². The molecule has 12 heteroatoms. The van der Waals surface area contributed by atoms with Gasteiger partial charge in [-0.1, -0.05) is 26.8 Å². The number of pyridine rings is 1. The number of esters is 1. The quantitative estimate of drug-likeness (QED) is 0.316. The Morgan fingerprint density at radius 1 is 1.14 bits per heavy atom. The second kappa shape index (κ2) is 16.1. The topological polar surface area (TPSA) is 105 Å². The third-order valence-corrected chi connectivity index (χ3v) is 6.78. The molecule has 10 nitrogen and oxygen atoms in total. The number of fused-ring (bicyclic) bond motifs is 1. The molecule has 2 N–H and O–H groups in total. The molecule has 2 aliphatic heterocycles. The first-order chi connectivity index (χ1) is 20.7. The molecule has 2 aliphatic rings. The van der Waals surface area contributed by atoms with Crippen LogP contribution >= 0.6 is 0 Å². The van der Waals surface area contributed by atoms with Gasteiger partial charge in [0.2, 0.25) is 5.95 Å². The number of anilines is 4. The normalized spacial score (nSPS) is 15.9. The highest BCUT2D eigenvalue weighted by molar-refractivity contribution is 5.82. The summed E-state index contributed by atoms with van der Waals surface area (Å²) in [6.45, 7) is 15.9. The first kappa shape index (κ1) is 33.6. The Morgan fingerprint density at radius 2 is 1.86 bits per heavy atom. The van der Waals surface area contributed by atoms with E-state index in [1.54, 1.807) is 19.2 Å². The lowest BCUT2D eigenvalue weighted by atomic mass is 10.1. The average Bonchev–Trinajstić information content (AvgIpc) is 3.37. The van der Waals surface area contributed by atoms with Crippen molar-refractivity contribution in [3.05, 3.63) is 53.9 Å². The van der Waals surface area contributed by atoms with Crippen molar-refractivity contribution in [2.75, 3.05) is 48.9 Å². The van der Waals surface area contributed by atoms with E-state index >= 15 is 0 Å². The monoisotopic (exact) mass is 599 g/mol. The number of nitrogens with one attached hydrogen (secondary N) is 2. The highest BCUT2D eigenvalue weighted by Gasteiger charge is 2.31. The molecule has 1 saturated heterocycles. The average molecular weight is 600 g/mol. The van der Waals surface area contributed by atoms with Crippen LogP contribution in [0.25, 0.3) is 11.3 Å². The van der Waals surface area contributed by atoms with Gasteiger partial charge in [-0.3, -0.25) is 9.69 Å². The molecule has 1 unspecified atom stereocenters. The molecule has 0 radical (unpaired) electrons. The van der Waals surface area contributed by atoms with Crippen LogP contribution in [-0.4, -0.2) is 71.4 Å². The summed E-state index contributed by atoms with van der Waals surface area (Å²) >= 11 is 0. The van der Waals surface area contributed by atoms with E-state index in [0.717, 1.165) is 44.6 Å². The molecule has 5 rings (SSSR count). The van der Waals surface area contributed by atoms with Crippen molar-refractivity contribution in [2.45, 2.75) is 66.7 Å². The molecule has 0 amide bonds. The van der Waals surface area contributed by atoms with E-state index in [4.69, 9.17) is 4.74 Å². The molecule has 1 aromatic carbocycles. The number of morpholine rings is 1. The molecular weight excluding hydrogens is 556 g/mol. The summed E-state index contributed by atoms with van der Waals surface area (Å²) in [6, 6.07) is 7.03. The van der Waals surface area contributed by atoms with E-state index in [9.17, 15) is 13.6 Å². The molecule has 2 aromatic heterocycles. The smallest absolute Gasteiger partial charge is 0.305 e. The van der Waals surface area contributed by atoms with Crippen molar-refractivity contribution in [1.29, 1.82) is 0 Å². The van der Waals surface area contributed by atoms with Gasteiger partial charge in [0.05, 0.1) is 44.1 Å². The molecule has 4 heterocycles. The van der Waals surface area contributed by atoms with Gasteiger partial charge in [-0.25, -0.2) is 23.7 Å². The van der Waals surface area contributed by atoms with Crippen LogP contribution in [0.1, 0.15) is 53.5 Å². The molecule has 1 atom stereocenters. The van der Waals surface area contributed by atoms with Gasteiger partial charge in [-0.15, -0.1) is 0 Å². The lowest BCUT2D eigenvalue weighted by Gasteiger charge is -2.28. The van der Waals surface area contributed by atoms with Crippen LogP contribution in [0.4, 0.5) is 31.9 Å². The Kier molecular flexibility index (Phi) is 12.6. The molecule has 1 fully saturated rings. The number of hydrogen-bond acceptors (Lipinski definition) is 10. The lowest BCUT2D eigenvalue weighted by molar-refractivity contribution is -0.140. The summed E-state index contributed by atoms with van der Waals surface area (Å²) in [7, 11) is 1.38. The van der Waals surface area contributed by atoms with E-state index in [2.05, 4.69) is 40.1 Å². The van der Waals surface area contributed by atoms with E-state index in [0.29, 0.717) is 29.2 Å². The fourth-order valence-electron chi connectivity index (χ4n) is 4.79. The van der Waals surface area contributed by atoms with Crippen molar-refractivity contribution in [1.82, 2.24) is 19.9 Å². The van der Waals surface area contributed by atoms with Crippen LogP contribution in [0.15, 0.2) is 36.7 Å². The number of hydrogen-bond donors (Lipinski definition) is 2. The minimum Gasteiger partial charge on any atom is -0.469 e. The van der Waals surface area contributed by atoms with Crippen LogP contribution in [-0.2, 0) is 20.8 Å². The van der Waals surface area contributed by atoms with Gasteiger partial charge in [0.1, 0.15) is 17.3 Å². The number of halogens is 2. The predicted molar refractivity (Wildman–Crippen MR) is 165 cm³/mol. The van der Waals surface area contributed by atoms with Crippen LogP contribution in [0.5, 0.6) is 0 Å². The first-order valence-corrected chi connectivity index (χ1v) is 14.7. The summed E-state index contributed by atoms with van der Waals surface area (Å²) in [5, 5.41) is 6.18. The number of nitrogens with zero attached hydrogens (tertiary/aromatic N) is 5. The van der Waals surface area contributed by atoms with Gasteiger partial charge >= 0.3 is 5.97 Å². The highest BCUT2D eigenvalue weighted by atomic mass is 19.1. The van der Waals surface area contributed by atoms with Gasteiger partial charge in [0.15, 0.2) is 5.82 Å². The molecular formula is C31H43F2N7O3. The summed E-state index contributed by atoms with van der Waals surface area (Å²) in [5.41, 5.74) is 2.57. The van der Waals surface area contributed by atoms with Crippen molar-refractivity contribution >= 4 is 29.1 Å². The minimum atomic E-state index is -0.626. The summed E-state index contributed by atoms with van der Waals surface area (Å²) in [4.78, 5) is 27.2. The second-order valence-corrected chi connectivity index (χ2v) is 10.1. The molecule has 43 heavy (non-hydrogen) atoms. The van der Waals surface area contributed by atoms with Gasteiger partial charge in [0, 0.05) is 43.9 Å². The van der Waals surface area contributed by atoms with Gasteiger partial charge < -0.3 is 25.0 Å². The van der Waals surface area contributed by atoms with Crippen molar-refractivity contribution in [3.8, 4) is 11.3 Å². The summed E-state index contributed by atoms with van der Waals surface area (Å²) in [5.74, 6) is -0.508. The number of carbonyl (C=O) groups is 1. The molecule has 0 saturated carbocycles. The SMILES string of the molecule is CC.CC(C)N1c2cc(-c3nc(Nc4ccc(CN5CCOCC5)cn4)ncc3F)cc(F)c2NC1C.CCC(=O)OC. The van der Waals surface area contributed by atoms with Crippen molar-refractivity contribution in [3.63, 3.8) is 0 Å². The summed E-state index contributed by atoms with van der Waals surface area (Å²) in [6.07, 6.45) is 3.28. The largest absolute Gasteiger partial charge is 0.469 e. The van der Waals surface area contributed by atoms with E-state index < -0.39 is 11.6 Å². The number of rotatable bonds is 7. The first-order valence-electron chi connectivity index (χ1n) is 14.7. The third kappa shape index (κ3) is 8.80. The van der Waals surface area contributed by atoms with E-state index in [-0.39, 0.29) is 29.8 Å². The predicted octanol–water partition coefficient (Wildman–Crippen LogP) is 5.97. The lowest BCUT2D eigenvalue weighted by Crippen LogP contribution is -2.38. The number of benzene rings is 1. The maximum Gasteiger partial charge on any atom is 0.305 e. The molecule has 0 spiro atoms. The maximum atomic E-state index is 14.9. The molecule has 234 valence electrons. The Bertz CT molecular complexity index is 1330. The van der Waals surface area contributed by atoms with Crippen molar-refractivity contribution < 1.29 is 23.0 Å². The summed E-state index contributed by atoms with van der Waals surface area (Å²) < 4.78 is 39.3. The van der Waals surface area contributed by atoms with Crippen LogP contribution in [0.2, 0.25) is 0 Å². The van der Waals surface area contributed by atoms with E-state index in [1.165, 1.54) is 13.2 Å². The fourth-order valence-corrected chi connectivity index (χ4v) is 4.79. The van der Waals surface area contributed by atoms with Crippen LogP contribution < -0.4 is 15.5 Å². The minimum absolute atomic E-state index is 0.0244.